The molecule has 1 atom stereocenters. The van der Waals surface area contributed by atoms with Gasteiger partial charge in [-0.1, -0.05) is 0 Å². The molecule has 134 valence electrons. The number of rotatable bonds is 6. The first kappa shape index (κ1) is 17.6. The Kier molecular flexibility index (Phi) is 5.78. The van der Waals surface area contributed by atoms with E-state index in [9.17, 15) is 4.79 Å². The fraction of sp³-hybridized carbons (Fsp3) is 0.500. The van der Waals surface area contributed by atoms with E-state index in [0.29, 0.717) is 12.1 Å². The van der Waals surface area contributed by atoms with Gasteiger partial charge in [0.25, 0.3) is 0 Å². The average Bonchev–Trinajstić information content (AvgIpc) is 3.17. The molecule has 25 heavy (non-hydrogen) atoms. The van der Waals surface area contributed by atoms with Crippen LogP contribution in [0.5, 0.6) is 0 Å². The normalized spacial score (nSPS) is 21.7. The van der Waals surface area contributed by atoms with Gasteiger partial charge in [0.15, 0.2) is 0 Å². The summed E-state index contributed by atoms with van der Waals surface area (Å²) in [4.78, 5) is 16.3. The summed E-state index contributed by atoms with van der Waals surface area (Å²) in [5, 5.41) is 10.5. The molecule has 0 spiro atoms. The van der Waals surface area contributed by atoms with Crippen molar-refractivity contribution in [3.63, 3.8) is 0 Å². The van der Waals surface area contributed by atoms with Gasteiger partial charge in [0.2, 0.25) is 5.91 Å². The Hall–Kier alpha value is -2.25. The molecule has 0 unspecified atom stereocenters. The summed E-state index contributed by atoms with van der Waals surface area (Å²) in [6, 6.07) is 7.67. The fourth-order valence-electron chi connectivity index (χ4n) is 3.18. The molecule has 7 nitrogen and oxygen atoms in total. The van der Waals surface area contributed by atoms with Crippen molar-refractivity contribution in [2.75, 3.05) is 12.4 Å². The molecule has 0 bridgehead atoms. The van der Waals surface area contributed by atoms with Crippen molar-refractivity contribution in [3.8, 4) is 5.69 Å². The number of amides is 1. The van der Waals surface area contributed by atoms with Crippen molar-refractivity contribution in [1.82, 2.24) is 20.1 Å². The Labute approximate surface area is 147 Å². The summed E-state index contributed by atoms with van der Waals surface area (Å²) in [5.74, 6) is -0.0256. The summed E-state index contributed by atoms with van der Waals surface area (Å²) >= 11 is 0. The van der Waals surface area contributed by atoms with Gasteiger partial charge in [0, 0.05) is 18.8 Å². The van der Waals surface area contributed by atoms with Crippen molar-refractivity contribution in [1.29, 1.82) is 0 Å². The first-order valence-corrected chi connectivity index (χ1v) is 8.70. The van der Waals surface area contributed by atoms with Gasteiger partial charge in [-0.15, -0.1) is 0 Å². The lowest BCUT2D eigenvalue weighted by molar-refractivity contribution is -0.118. The minimum atomic E-state index is -0.237. The Bertz CT molecular complexity index is 663. The van der Waals surface area contributed by atoms with E-state index < -0.39 is 0 Å². The van der Waals surface area contributed by atoms with Gasteiger partial charge >= 0.3 is 0 Å². The second-order valence-electron chi connectivity index (χ2n) is 6.47. The van der Waals surface area contributed by atoms with E-state index >= 15 is 0 Å². The lowest BCUT2D eigenvalue weighted by Gasteiger charge is -2.30. The average molecular weight is 343 g/mol. The van der Waals surface area contributed by atoms with Crippen LogP contribution in [0.1, 0.15) is 32.6 Å². The highest BCUT2D eigenvalue weighted by molar-refractivity contribution is 5.94. The first-order chi connectivity index (χ1) is 12.2. The molecular weight excluding hydrogens is 318 g/mol. The Balaban J connectivity index is 1.49. The molecule has 1 aliphatic carbocycles. The molecule has 1 aliphatic rings. The maximum absolute atomic E-state index is 12.4. The summed E-state index contributed by atoms with van der Waals surface area (Å²) in [7, 11) is 1.77. The lowest BCUT2D eigenvalue weighted by atomic mass is 9.92. The number of methoxy groups -OCH3 is 1. The molecule has 1 fully saturated rings. The largest absolute Gasteiger partial charge is 0.381 e. The number of anilines is 1. The monoisotopic (exact) mass is 343 g/mol. The Morgan fingerprint density at radius 3 is 2.56 bits per heavy atom. The molecule has 1 saturated carbocycles. The standard InChI is InChI=1S/C18H25N5O2/c1-13(21-14-5-9-17(25-2)10-6-14)18(24)22-15-3-7-16(8-4-15)23-12-19-11-20-23/h3-4,7-8,11-14,17,21H,5-6,9-10H2,1-2H3,(H,22,24)/t13-,14?,17?/m0/s1. The summed E-state index contributed by atoms with van der Waals surface area (Å²) in [5.41, 5.74) is 1.67. The Morgan fingerprint density at radius 2 is 1.96 bits per heavy atom. The topological polar surface area (TPSA) is 81.1 Å². The smallest absolute Gasteiger partial charge is 0.241 e. The molecule has 1 heterocycles. The van der Waals surface area contributed by atoms with E-state index in [1.165, 1.54) is 6.33 Å². The molecule has 3 rings (SSSR count). The summed E-state index contributed by atoms with van der Waals surface area (Å²) in [6.07, 6.45) is 7.68. The van der Waals surface area contributed by atoms with Gasteiger partial charge in [-0.2, -0.15) is 5.10 Å². The van der Waals surface area contributed by atoms with Gasteiger partial charge in [-0.05, 0) is 56.9 Å². The predicted octanol–water partition coefficient (Wildman–Crippen LogP) is 2.14. The molecular formula is C18H25N5O2. The van der Waals surface area contributed by atoms with Crippen molar-refractivity contribution < 1.29 is 9.53 Å². The van der Waals surface area contributed by atoms with Crippen LogP contribution in [0, 0.1) is 0 Å². The zero-order chi connectivity index (χ0) is 17.6. The molecule has 0 aliphatic heterocycles. The van der Waals surface area contributed by atoms with Gasteiger partial charge in [-0.25, -0.2) is 9.67 Å². The molecule has 1 aromatic heterocycles. The number of benzene rings is 1. The zero-order valence-electron chi connectivity index (χ0n) is 14.7. The van der Waals surface area contributed by atoms with E-state index in [4.69, 9.17) is 4.74 Å². The van der Waals surface area contributed by atoms with Crippen LogP contribution in [-0.2, 0) is 9.53 Å². The van der Waals surface area contributed by atoms with E-state index in [1.807, 2.05) is 31.2 Å². The second-order valence-corrected chi connectivity index (χ2v) is 6.47. The molecule has 0 radical (unpaired) electrons. The van der Waals surface area contributed by atoms with Crippen LogP contribution >= 0.6 is 0 Å². The van der Waals surface area contributed by atoms with Crippen LogP contribution in [0.3, 0.4) is 0 Å². The van der Waals surface area contributed by atoms with Gasteiger partial charge < -0.3 is 15.4 Å². The third-order valence-corrected chi connectivity index (χ3v) is 4.70. The van der Waals surface area contributed by atoms with Crippen molar-refractivity contribution in [2.45, 2.75) is 50.8 Å². The lowest BCUT2D eigenvalue weighted by Crippen LogP contribution is -2.45. The fourth-order valence-corrected chi connectivity index (χ4v) is 3.18. The molecule has 0 saturated heterocycles. The van der Waals surface area contributed by atoms with Gasteiger partial charge in [-0.3, -0.25) is 4.79 Å². The quantitative estimate of drug-likeness (QED) is 0.840. The molecule has 2 N–H and O–H groups in total. The molecule has 1 amide bonds. The number of ether oxygens (including phenoxy) is 1. The predicted molar refractivity (Wildman–Crippen MR) is 95.6 cm³/mol. The highest BCUT2D eigenvalue weighted by atomic mass is 16.5. The van der Waals surface area contributed by atoms with Crippen LogP contribution in [0.2, 0.25) is 0 Å². The minimum Gasteiger partial charge on any atom is -0.381 e. The maximum atomic E-state index is 12.4. The van der Waals surface area contributed by atoms with Crippen LogP contribution in [-0.4, -0.2) is 46.0 Å². The second kappa shape index (κ2) is 8.22. The van der Waals surface area contributed by atoms with Crippen molar-refractivity contribution in [3.05, 3.63) is 36.9 Å². The van der Waals surface area contributed by atoms with E-state index in [1.54, 1.807) is 18.1 Å². The molecule has 7 heteroatoms. The first-order valence-electron chi connectivity index (χ1n) is 8.70. The van der Waals surface area contributed by atoms with E-state index in [-0.39, 0.29) is 11.9 Å². The molecule has 1 aromatic carbocycles. The SMILES string of the molecule is COC1CCC(N[C@@H](C)C(=O)Nc2ccc(-n3cncn3)cc2)CC1. The zero-order valence-corrected chi connectivity index (χ0v) is 14.7. The number of carbonyl (C=O) groups is 1. The van der Waals surface area contributed by atoms with Crippen LogP contribution in [0.15, 0.2) is 36.9 Å². The Morgan fingerprint density at radius 1 is 1.24 bits per heavy atom. The van der Waals surface area contributed by atoms with Gasteiger partial charge in [0.05, 0.1) is 17.8 Å². The number of aromatic nitrogens is 3. The van der Waals surface area contributed by atoms with Crippen LogP contribution in [0.25, 0.3) is 5.69 Å². The molecule has 2 aromatic rings. The highest BCUT2D eigenvalue weighted by Crippen LogP contribution is 2.21. The van der Waals surface area contributed by atoms with Crippen molar-refractivity contribution >= 4 is 11.6 Å². The third-order valence-electron chi connectivity index (χ3n) is 4.70. The number of nitrogens with zero attached hydrogens (tertiary/aromatic N) is 3. The summed E-state index contributed by atoms with van der Waals surface area (Å²) in [6.45, 7) is 1.90. The number of nitrogens with one attached hydrogen (secondary N) is 2. The number of carbonyl (C=O) groups excluding carboxylic acids is 1. The maximum Gasteiger partial charge on any atom is 0.241 e. The van der Waals surface area contributed by atoms with E-state index in [0.717, 1.165) is 37.1 Å². The van der Waals surface area contributed by atoms with Gasteiger partial charge in [0.1, 0.15) is 12.7 Å². The summed E-state index contributed by atoms with van der Waals surface area (Å²) < 4.78 is 7.06. The third kappa shape index (κ3) is 4.64. The van der Waals surface area contributed by atoms with Crippen LogP contribution < -0.4 is 10.6 Å². The van der Waals surface area contributed by atoms with E-state index in [2.05, 4.69) is 20.7 Å². The highest BCUT2D eigenvalue weighted by Gasteiger charge is 2.24. The number of hydrogen-bond acceptors (Lipinski definition) is 5. The van der Waals surface area contributed by atoms with Crippen molar-refractivity contribution in [2.24, 2.45) is 0 Å². The minimum absolute atomic E-state index is 0.0256. The van der Waals surface area contributed by atoms with Crippen LogP contribution in [0.4, 0.5) is 5.69 Å². The number of hydrogen-bond donors (Lipinski definition) is 2.